The molecule has 0 saturated carbocycles. The van der Waals surface area contributed by atoms with E-state index in [1.165, 1.54) is 0 Å². The van der Waals surface area contributed by atoms with Gasteiger partial charge in [-0.2, -0.15) is 0 Å². The molecule has 48 valence electrons. The van der Waals surface area contributed by atoms with Gasteiger partial charge >= 0.3 is 0 Å². The standard InChI is InChI=1S/C3H10O3Si2/c1-2-3(4,5)8-6-7/h2,4-5H,1,8H2,7H3. The summed E-state index contributed by atoms with van der Waals surface area (Å²) in [7, 11) is -0.627. The predicted octanol–water partition coefficient (Wildman–Crippen LogP) is -2.81. The Morgan fingerprint density at radius 2 is 2.25 bits per heavy atom. The summed E-state index contributed by atoms with van der Waals surface area (Å²) in [5, 5.41) is 17.4. The molecule has 0 heterocycles. The molecule has 0 aromatic rings. The van der Waals surface area contributed by atoms with Gasteiger partial charge in [-0.15, -0.1) is 0 Å². The second-order valence-corrected chi connectivity index (χ2v) is 5.15. The third-order valence-electron chi connectivity index (χ3n) is 0.684. The fraction of sp³-hybridized carbons (Fsp3) is 0.333. The molecule has 0 radical (unpaired) electrons. The maximum atomic E-state index is 8.72. The van der Waals surface area contributed by atoms with Gasteiger partial charge in [0.1, 0.15) is 10.5 Å². The third-order valence-corrected chi connectivity index (χ3v) is 2.55. The molecule has 0 atom stereocenters. The lowest BCUT2D eigenvalue weighted by atomic mass is 10.6. The first kappa shape index (κ1) is 8.05. The molecule has 0 bridgehead atoms. The van der Waals surface area contributed by atoms with Crippen LogP contribution >= 0.6 is 0 Å². The highest BCUT2D eigenvalue weighted by molar-refractivity contribution is 6.37. The Balaban J connectivity index is 3.53. The van der Waals surface area contributed by atoms with E-state index in [0.717, 1.165) is 6.08 Å². The average molecular weight is 150 g/mol. The number of rotatable bonds is 3. The van der Waals surface area contributed by atoms with Crippen molar-refractivity contribution in [1.82, 2.24) is 0 Å². The van der Waals surface area contributed by atoms with E-state index >= 15 is 0 Å². The van der Waals surface area contributed by atoms with E-state index < -0.39 is 15.2 Å². The van der Waals surface area contributed by atoms with Crippen LogP contribution in [-0.2, 0) is 4.12 Å². The quantitative estimate of drug-likeness (QED) is 0.259. The molecular formula is C3H10O3Si2. The molecule has 0 aliphatic carbocycles. The molecule has 0 aromatic heterocycles. The van der Waals surface area contributed by atoms with Crippen molar-refractivity contribution < 1.29 is 14.3 Å². The second kappa shape index (κ2) is 3.15. The van der Waals surface area contributed by atoms with Crippen LogP contribution in [0.5, 0.6) is 0 Å². The van der Waals surface area contributed by atoms with Gasteiger partial charge in [0.15, 0.2) is 5.41 Å². The van der Waals surface area contributed by atoms with Crippen molar-refractivity contribution in [3.8, 4) is 0 Å². The minimum Gasteiger partial charge on any atom is -0.464 e. The molecule has 8 heavy (non-hydrogen) atoms. The molecule has 0 aliphatic rings. The zero-order valence-electron chi connectivity index (χ0n) is 4.79. The van der Waals surface area contributed by atoms with Crippen molar-refractivity contribution in [1.29, 1.82) is 0 Å². The van der Waals surface area contributed by atoms with Crippen LogP contribution in [0.4, 0.5) is 0 Å². The van der Waals surface area contributed by atoms with Crippen LogP contribution in [0.2, 0.25) is 0 Å². The van der Waals surface area contributed by atoms with Crippen molar-refractivity contribution in [2.24, 2.45) is 0 Å². The maximum Gasteiger partial charge on any atom is 0.219 e. The van der Waals surface area contributed by atoms with E-state index in [-0.39, 0.29) is 0 Å². The van der Waals surface area contributed by atoms with Crippen LogP contribution in [0.3, 0.4) is 0 Å². The van der Waals surface area contributed by atoms with E-state index in [0.29, 0.717) is 10.5 Å². The Morgan fingerprint density at radius 1 is 1.75 bits per heavy atom. The van der Waals surface area contributed by atoms with Gasteiger partial charge in [0.05, 0.1) is 0 Å². The van der Waals surface area contributed by atoms with Gasteiger partial charge in [0, 0.05) is 0 Å². The lowest BCUT2D eigenvalue weighted by Gasteiger charge is -2.13. The third kappa shape index (κ3) is 3.11. The summed E-state index contributed by atoms with van der Waals surface area (Å²) < 4.78 is 4.70. The van der Waals surface area contributed by atoms with Crippen LogP contribution in [-0.4, -0.2) is 35.9 Å². The average Bonchev–Trinajstić information content (AvgIpc) is 1.67. The van der Waals surface area contributed by atoms with Crippen molar-refractivity contribution in [2.75, 3.05) is 0 Å². The van der Waals surface area contributed by atoms with Crippen molar-refractivity contribution in [3.05, 3.63) is 12.7 Å². The Morgan fingerprint density at radius 3 is 2.38 bits per heavy atom. The molecule has 0 spiro atoms. The molecule has 0 fully saturated rings. The van der Waals surface area contributed by atoms with Crippen molar-refractivity contribution in [2.45, 2.75) is 5.41 Å². The Bertz CT molecular complexity index is 82.6. The minimum atomic E-state index is -1.69. The summed E-state index contributed by atoms with van der Waals surface area (Å²) in [6.45, 7) is 3.22. The number of aliphatic hydroxyl groups is 2. The Labute approximate surface area is 53.5 Å². The predicted molar refractivity (Wildman–Crippen MR) is 36.9 cm³/mol. The molecule has 3 nitrogen and oxygen atoms in total. The first-order valence-electron chi connectivity index (χ1n) is 2.19. The molecule has 0 aliphatic heterocycles. The van der Waals surface area contributed by atoms with E-state index in [4.69, 9.17) is 14.3 Å². The van der Waals surface area contributed by atoms with E-state index in [1.807, 2.05) is 0 Å². The van der Waals surface area contributed by atoms with E-state index in [1.54, 1.807) is 0 Å². The van der Waals surface area contributed by atoms with Crippen LogP contribution < -0.4 is 0 Å². The summed E-state index contributed by atoms with van der Waals surface area (Å²) in [5.41, 5.74) is -1.69. The molecule has 0 saturated heterocycles. The van der Waals surface area contributed by atoms with E-state index in [2.05, 4.69) is 6.58 Å². The fourth-order valence-corrected chi connectivity index (χ4v) is 2.09. The van der Waals surface area contributed by atoms with Gasteiger partial charge < -0.3 is 14.3 Å². The van der Waals surface area contributed by atoms with E-state index in [9.17, 15) is 0 Å². The second-order valence-electron chi connectivity index (χ2n) is 1.52. The lowest BCUT2D eigenvalue weighted by molar-refractivity contribution is -0.0515. The zero-order valence-corrected chi connectivity index (χ0v) is 8.21. The van der Waals surface area contributed by atoms with Gasteiger partial charge in [-0.3, -0.25) is 0 Å². The Kier molecular flexibility index (Phi) is 3.17. The summed E-state index contributed by atoms with van der Waals surface area (Å²) >= 11 is 0. The lowest BCUT2D eigenvalue weighted by Crippen LogP contribution is -2.34. The first-order valence-corrected chi connectivity index (χ1v) is 4.30. The summed E-state index contributed by atoms with van der Waals surface area (Å²) in [6.07, 6.45) is 1.09. The highest BCUT2D eigenvalue weighted by atomic mass is 28.3. The SMILES string of the molecule is C=CC(O)(O)[SiH2]O[SiH3]. The number of hydrogen-bond acceptors (Lipinski definition) is 3. The van der Waals surface area contributed by atoms with Crippen LogP contribution in [0.15, 0.2) is 12.7 Å². The zero-order chi connectivity index (χ0) is 6.62. The van der Waals surface area contributed by atoms with Crippen LogP contribution in [0, 0.1) is 0 Å². The molecular weight excluding hydrogens is 140 g/mol. The van der Waals surface area contributed by atoms with Crippen molar-refractivity contribution in [3.63, 3.8) is 0 Å². The van der Waals surface area contributed by atoms with Gasteiger partial charge in [-0.25, -0.2) is 0 Å². The number of hydrogen-bond donors (Lipinski definition) is 2. The normalized spacial score (nSPS) is 13.2. The van der Waals surface area contributed by atoms with Crippen LogP contribution in [0.25, 0.3) is 0 Å². The largest absolute Gasteiger partial charge is 0.464 e. The van der Waals surface area contributed by atoms with Crippen molar-refractivity contribution >= 4 is 20.2 Å². The maximum absolute atomic E-state index is 8.72. The minimum absolute atomic E-state index is 0.568. The molecule has 0 aromatic carbocycles. The van der Waals surface area contributed by atoms with Gasteiger partial charge in [-0.1, -0.05) is 6.58 Å². The van der Waals surface area contributed by atoms with Gasteiger partial charge in [-0.05, 0) is 6.08 Å². The van der Waals surface area contributed by atoms with Gasteiger partial charge in [0.2, 0.25) is 9.76 Å². The first-order chi connectivity index (χ1) is 3.62. The highest BCUT2D eigenvalue weighted by Gasteiger charge is 2.16. The Hall–Kier alpha value is 0.0538. The summed E-state index contributed by atoms with van der Waals surface area (Å²) in [4.78, 5) is 0. The smallest absolute Gasteiger partial charge is 0.219 e. The highest BCUT2D eigenvalue weighted by Crippen LogP contribution is 1.95. The molecule has 0 rings (SSSR count). The molecule has 2 N–H and O–H groups in total. The summed E-state index contributed by atoms with van der Waals surface area (Å²) in [6, 6.07) is 0. The fourth-order valence-electron chi connectivity index (χ4n) is 0.271. The molecule has 0 unspecified atom stereocenters. The molecule has 0 amide bonds. The van der Waals surface area contributed by atoms with Gasteiger partial charge in [0.25, 0.3) is 0 Å². The monoisotopic (exact) mass is 150 g/mol. The topological polar surface area (TPSA) is 49.7 Å². The molecule has 5 heteroatoms. The summed E-state index contributed by atoms with van der Waals surface area (Å²) in [5.74, 6) is 0. The van der Waals surface area contributed by atoms with Crippen LogP contribution in [0.1, 0.15) is 0 Å².